The lowest BCUT2D eigenvalue weighted by molar-refractivity contribution is 0.368. The van der Waals surface area contributed by atoms with E-state index < -0.39 is 0 Å². The van der Waals surface area contributed by atoms with Gasteiger partial charge < -0.3 is 10.1 Å². The van der Waals surface area contributed by atoms with Crippen LogP contribution in [0, 0.1) is 11.3 Å². The highest BCUT2D eigenvalue weighted by Gasteiger charge is 1.97. The standard InChI is InChI=1S/C13H12N2OS/c14-5-6-16-13-3-1-2-12(8-13)15-9-11-4-7-17-10-11/h1-4,7-8,10,15H,6,9H2. The van der Waals surface area contributed by atoms with E-state index in [4.69, 9.17) is 10.00 Å². The third-order valence-corrected chi connectivity index (χ3v) is 2.95. The number of nitriles is 1. The Morgan fingerprint density at radius 2 is 2.29 bits per heavy atom. The number of hydrogen-bond acceptors (Lipinski definition) is 4. The van der Waals surface area contributed by atoms with Crippen molar-refractivity contribution in [1.29, 1.82) is 5.26 Å². The molecule has 0 fully saturated rings. The molecule has 0 aliphatic heterocycles. The molecule has 0 aliphatic rings. The topological polar surface area (TPSA) is 45.0 Å². The van der Waals surface area contributed by atoms with Gasteiger partial charge in [0.05, 0.1) is 0 Å². The van der Waals surface area contributed by atoms with Crippen LogP contribution in [0.25, 0.3) is 0 Å². The Hall–Kier alpha value is -1.99. The number of hydrogen-bond donors (Lipinski definition) is 1. The Morgan fingerprint density at radius 1 is 1.35 bits per heavy atom. The van der Waals surface area contributed by atoms with E-state index in [1.165, 1.54) is 5.56 Å². The van der Waals surface area contributed by atoms with E-state index in [1.807, 2.05) is 30.3 Å². The third kappa shape index (κ3) is 3.51. The van der Waals surface area contributed by atoms with Gasteiger partial charge in [0.2, 0.25) is 0 Å². The van der Waals surface area contributed by atoms with Gasteiger partial charge in [0.25, 0.3) is 0 Å². The maximum atomic E-state index is 8.44. The summed E-state index contributed by atoms with van der Waals surface area (Å²) in [5.41, 5.74) is 2.25. The second-order valence-corrected chi connectivity index (χ2v) is 4.24. The number of nitrogens with one attached hydrogen (secondary N) is 1. The van der Waals surface area contributed by atoms with E-state index in [-0.39, 0.29) is 6.61 Å². The molecule has 0 bridgehead atoms. The molecule has 86 valence electrons. The Morgan fingerprint density at radius 3 is 3.06 bits per heavy atom. The smallest absolute Gasteiger partial charge is 0.174 e. The van der Waals surface area contributed by atoms with E-state index >= 15 is 0 Å². The summed E-state index contributed by atoms with van der Waals surface area (Å²) in [6.07, 6.45) is 0. The summed E-state index contributed by atoms with van der Waals surface area (Å²) in [5.74, 6) is 0.710. The molecule has 0 saturated carbocycles. The summed E-state index contributed by atoms with van der Waals surface area (Å²) < 4.78 is 5.23. The minimum atomic E-state index is 0.0774. The molecule has 3 nitrogen and oxygen atoms in total. The van der Waals surface area contributed by atoms with Crippen molar-refractivity contribution in [1.82, 2.24) is 0 Å². The zero-order valence-corrected chi connectivity index (χ0v) is 10.0. The third-order valence-electron chi connectivity index (χ3n) is 2.21. The lowest BCUT2D eigenvalue weighted by Gasteiger charge is -2.07. The van der Waals surface area contributed by atoms with E-state index in [9.17, 15) is 0 Å². The quantitative estimate of drug-likeness (QED) is 0.878. The van der Waals surface area contributed by atoms with Gasteiger partial charge in [-0.2, -0.15) is 16.6 Å². The summed E-state index contributed by atoms with van der Waals surface area (Å²) in [7, 11) is 0. The Labute approximate surface area is 104 Å². The fourth-order valence-electron chi connectivity index (χ4n) is 1.41. The van der Waals surface area contributed by atoms with Crippen LogP contribution in [0.3, 0.4) is 0 Å². The summed E-state index contributed by atoms with van der Waals surface area (Å²) in [4.78, 5) is 0. The number of nitrogens with zero attached hydrogens (tertiary/aromatic N) is 1. The van der Waals surface area contributed by atoms with Gasteiger partial charge in [0, 0.05) is 18.3 Å². The molecule has 1 N–H and O–H groups in total. The highest BCUT2D eigenvalue weighted by atomic mass is 32.1. The fourth-order valence-corrected chi connectivity index (χ4v) is 2.08. The van der Waals surface area contributed by atoms with Gasteiger partial charge in [-0.25, -0.2) is 0 Å². The predicted molar refractivity (Wildman–Crippen MR) is 69.2 cm³/mol. The molecule has 0 radical (unpaired) electrons. The van der Waals surface area contributed by atoms with Crippen LogP contribution < -0.4 is 10.1 Å². The zero-order valence-electron chi connectivity index (χ0n) is 9.22. The molecule has 0 spiro atoms. The number of ether oxygens (including phenoxy) is 1. The maximum absolute atomic E-state index is 8.44. The highest BCUT2D eigenvalue weighted by molar-refractivity contribution is 7.07. The molecular weight excluding hydrogens is 232 g/mol. The Kier molecular flexibility index (Phi) is 4.00. The second-order valence-electron chi connectivity index (χ2n) is 3.46. The first kappa shape index (κ1) is 11.5. The van der Waals surface area contributed by atoms with Crippen molar-refractivity contribution in [3.8, 4) is 11.8 Å². The molecule has 4 heteroatoms. The van der Waals surface area contributed by atoms with Crippen molar-refractivity contribution in [2.24, 2.45) is 0 Å². The van der Waals surface area contributed by atoms with Crippen LogP contribution in [0.1, 0.15) is 5.56 Å². The van der Waals surface area contributed by atoms with Gasteiger partial charge in [-0.15, -0.1) is 0 Å². The molecule has 1 aromatic carbocycles. The van der Waals surface area contributed by atoms with Crippen LogP contribution in [0.15, 0.2) is 41.1 Å². The number of benzene rings is 1. The van der Waals surface area contributed by atoms with E-state index in [1.54, 1.807) is 11.3 Å². The van der Waals surface area contributed by atoms with Gasteiger partial charge in [-0.05, 0) is 34.5 Å². The largest absolute Gasteiger partial charge is 0.479 e. The van der Waals surface area contributed by atoms with Gasteiger partial charge in [0.15, 0.2) is 6.61 Å². The molecule has 1 aromatic heterocycles. The Bertz CT molecular complexity index is 502. The van der Waals surface area contributed by atoms with Crippen LogP contribution in [0.5, 0.6) is 5.75 Å². The molecule has 0 atom stereocenters. The van der Waals surface area contributed by atoms with E-state index in [2.05, 4.69) is 22.1 Å². The van der Waals surface area contributed by atoms with Crippen LogP contribution in [0.4, 0.5) is 5.69 Å². The lowest BCUT2D eigenvalue weighted by atomic mass is 10.3. The summed E-state index contributed by atoms with van der Waals surface area (Å²) in [5, 5.41) is 15.9. The fraction of sp³-hybridized carbons (Fsp3) is 0.154. The average Bonchev–Trinajstić information content (AvgIpc) is 2.87. The molecule has 0 saturated heterocycles. The average molecular weight is 244 g/mol. The molecule has 0 unspecified atom stereocenters. The van der Waals surface area contributed by atoms with E-state index in [0.717, 1.165) is 12.2 Å². The van der Waals surface area contributed by atoms with Crippen molar-refractivity contribution >= 4 is 17.0 Å². The molecule has 17 heavy (non-hydrogen) atoms. The Balaban J connectivity index is 1.94. The predicted octanol–water partition coefficient (Wildman–Crippen LogP) is 3.26. The normalized spacial score (nSPS) is 9.59. The minimum Gasteiger partial charge on any atom is -0.479 e. The van der Waals surface area contributed by atoms with Gasteiger partial charge >= 0.3 is 0 Å². The maximum Gasteiger partial charge on any atom is 0.174 e. The van der Waals surface area contributed by atoms with Gasteiger partial charge in [-0.3, -0.25) is 0 Å². The molecular formula is C13H12N2OS. The molecule has 0 aliphatic carbocycles. The highest BCUT2D eigenvalue weighted by Crippen LogP contribution is 2.18. The van der Waals surface area contributed by atoms with Crippen LogP contribution in [-0.2, 0) is 6.54 Å². The number of rotatable bonds is 5. The first-order chi connectivity index (χ1) is 8.38. The zero-order chi connectivity index (χ0) is 11.9. The van der Waals surface area contributed by atoms with Crippen molar-refractivity contribution < 1.29 is 4.74 Å². The van der Waals surface area contributed by atoms with Crippen LogP contribution in [-0.4, -0.2) is 6.61 Å². The first-order valence-corrected chi connectivity index (χ1v) is 6.17. The SMILES string of the molecule is N#CCOc1cccc(NCc2ccsc2)c1. The second kappa shape index (κ2) is 5.92. The molecule has 2 rings (SSSR count). The van der Waals surface area contributed by atoms with Crippen LogP contribution in [0.2, 0.25) is 0 Å². The summed E-state index contributed by atoms with van der Waals surface area (Å²) in [6, 6.07) is 11.7. The summed E-state index contributed by atoms with van der Waals surface area (Å²) in [6.45, 7) is 0.874. The van der Waals surface area contributed by atoms with Gasteiger partial charge in [0.1, 0.15) is 11.8 Å². The number of thiophene rings is 1. The number of anilines is 1. The van der Waals surface area contributed by atoms with Crippen molar-refractivity contribution in [3.63, 3.8) is 0 Å². The first-order valence-electron chi connectivity index (χ1n) is 5.23. The monoisotopic (exact) mass is 244 g/mol. The molecule has 1 heterocycles. The molecule has 2 aromatic rings. The molecule has 0 amide bonds. The van der Waals surface area contributed by atoms with Gasteiger partial charge in [-0.1, -0.05) is 6.07 Å². The summed E-state index contributed by atoms with van der Waals surface area (Å²) >= 11 is 1.69. The van der Waals surface area contributed by atoms with E-state index in [0.29, 0.717) is 5.75 Å². The van der Waals surface area contributed by atoms with Crippen molar-refractivity contribution in [2.45, 2.75) is 6.54 Å². The minimum absolute atomic E-state index is 0.0774. The van der Waals surface area contributed by atoms with Crippen molar-refractivity contribution in [3.05, 3.63) is 46.7 Å². The van der Waals surface area contributed by atoms with Crippen molar-refractivity contribution in [2.75, 3.05) is 11.9 Å². The van der Waals surface area contributed by atoms with Crippen LogP contribution >= 0.6 is 11.3 Å². The lowest BCUT2D eigenvalue weighted by Crippen LogP contribution is -1.99.